The second-order valence-electron chi connectivity index (χ2n) is 7.49. The maximum absolute atomic E-state index is 13.5. The van der Waals surface area contributed by atoms with Gasteiger partial charge in [-0.3, -0.25) is 9.59 Å². The van der Waals surface area contributed by atoms with E-state index in [4.69, 9.17) is 21.7 Å². The van der Waals surface area contributed by atoms with Gasteiger partial charge >= 0.3 is 5.97 Å². The van der Waals surface area contributed by atoms with E-state index in [1.807, 2.05) is 30.3 Å². The molecule has 0 atom stereocenters. The van der Waals surface area contributed by atoms with Crippen molar-refractivity contribution < 1.29 is 19.1 Å². The maximum Gasteiger partial charge on any atom is 0.340 e. The molecule has 3 aromatic carbocycles. The molecule has 0 aliphatic rings. The van der Waals surface area contributed by atoms with E-state index in [0.717, 1.165) is 16.7 Å². The number of rotatable bonds is 9. The number of nitrogens with one attached hydrogen (secondary N) is 1. The van der Waals surface area contributed by atoms with Crippen LogP contribution in [0.15, 0.2) is 71.8 Å². The topological polar surface area (TPSA) is 152 Å². The summed E-state index contributed by atoms with van der Waals surface area (Å²) in [5, 5.41) is 11.0. The molecular formula is C26H25N5O4. The number of nitrogens with zero attached hydrogens (tertiary/aromatic N) is 2. The zero-order chi connectivity index (χ0) is 25.4. The van der Waals surface area contributed by atoms with Gasteiger partial charge in [-0.1, -0.05) is 42.5 Å². The van der Waals surface area contributed by atoms with Crippen LogP contribution >= 0.6 is 0 Å². The second-order valence-corrected chi connectivity index (χ2v) is 7.49. The lowest BCUT2D eigenvalue weighted by atomic mass is 9.99. The van der Waals surface area contributed by atoms with Crippen molar-refractivity contribution in [3.63, 3.8) is 0 Å². The lowest BCUT2D eigenvalue weighted by Gasteiger charge is -2.21. The summed E-state index contributed by atoms with van der Waals surface area (Å²) < 4.78 is 5.17. The molecule has 5 N–H and O–H groups in total. The molecule has 0 aromatic heterocycles. The highest BCUT2D eigenvalue weighted by Gasteiger charge is 2.25. The third-order valence-corrected chi connectivity index (χ3v) is 5.29. The molecule has 0 bridgehead atoms. The number of hydrazone groups is 1. The number of aryl methyl sites for hydroxylation is 1. The van der Waals surface area contributed by atoms with Gasteiger partial charge in [-0.2, -0.15) is 5.10 Å². The molecule has 3 rings (SSSR count). The lowest BCUT2D eigenvalue weighted by Crippen LogP contribution is -2.32. The minimum absolute atomic E-state index is 0.00758. The number of amides is 2. The molecule has 0 spiro atoms. The number of ether oxygens (including phenoxy) is 1. The highest BCUT2D eigenvalue weighted by molar-refractivity contribution is 6.37. The van der Waals surface area contributed by atoms with Crippen LogP contribution < -0.4 is 16.5 Å². The van der Waals surface area contributed by atoms with E-state index in [1.165, 1.54) is 12.1 Å². The maximum atomic E-state index is 13.5. The number of esters is 1. The zero-order valence-corrected chi connectivity index (χ0v) is 19.1. The van der Waals surface area contributed by atoms with Gasteiger partial charge in [0.05, 0.1) is 11.3 Å². The zero-order valence-electron chi connectivity index (χ0n) is 19.1. The Morgan fingerprint density at radius 2 is 1.74 bits per heavy atom. The van der Waals surface area contributed by atoms with Crippen molar-refractivity contribution in [1.29, 1.82) is 5.41 Å². The van der Waals surface area contributed by atoms with Gasteiger partial charge in [-0.05, 0) is 47.9 Å². The minimum Gasteiger partial charge on any atom is -0.461 e. The molecule has 0 saturated carbocycles. The largest absolute Gasteiger partial charge is 0.461 e. The van der Waals surface area contributed by atoms with E-state index in [9.17, 15) is 14.4 Å². The fraction of sp³-hybridized carbons (Fsp3) is 0.115. The summed E-state index contributed by atoms with van der Waals surface area (Å²) in [5.41, 5.74) is 8.68. The van der Waals surface area contributed by atoms with Crippen molar-refractivity contribution in [2.45, 2.75) is 6.92 Å². The van der Waals surface area contributed by atoms with Crippen molar-refractivity contribution in [3.8, 4) is 11.1 Å². The monoisotopic (exact) mass is 471 g/mol. The minimum atomic E-state index is -0.702. The van der Waals surface area contributed by atoms with Crippen LogP contribution in [-0.4, -0.2) is 43.4 Å². The number of anilines is 1. The number of benzene rings is 3. The van der Waals surface area contributed by atoms with Gasteiger partial charge in [0.2, 0.25) is 6.41 Å². The van der Waals surface area contributed by atoms with Gasteiger partial charge < -0.3 is 21.7 Å². The summed E-state index contributed by atoms with van der Waals surface area (Å²) in [7, 11) is 0. The molecule has 9 heteroatoms. The van der Waals surface area contributed by atoms with E-state index in [2.05, 4.69) is 5.10 Å². The third kappa shape index (κ3) is 5.48. The standard InChI is InChI=1S/C26H25N5O4/c1-17-13-20(23(15-28)30-29)8-9-21(17)25(33)31(16-32)24-14-19(18-5-3-2-4-6-18)7-10-22(24)26(34)35-12-11-27/h2-10,13-16,28H,11-12,27,29H2,1H3/b28-15?,30-23+. The Labute approximate surface area is 202 Å². The van der Waals surface area contributed by atoms with E-state index in [1.54, 1.807) is 31.2 Å². The average molecular weight is 472 g/mol. The van der Waals surface area contributed by atoms with Gasteiger partial charge in [0.25, 0.3) is 5.91 Å². The lowest BCUT2D eigenvalue weighted by molar-refractivity contribution is -0.106. The number of carbonyl (C=O) groups is 3. The van der Waals surface area contributed by atoms with Crippen LogP contribution in [0.5, 0.6) is 0 Å². The van der Waals surface area contributed by atoms with Gasteiger partial charge in [0.1, 0.15) is 12.3 Å². The van der Waals surface area contributed by atoms with Gasteiger partial charge in [0.15, 0.2) is 0 Å². The molecule has 3 aromatic rings. The fourth-order valence-electron chi connectivity index (χ4n) is 3.55. The summed E-state index contributed by atoms with van der Waals surface area (Å²) in [5.74, 6) is 3.98. The predicted molar refractivity (Wildman–Crippen MR) is 135 cm³/mol. The molecule has 0 fully saturated rings. The molecule has 2 amide bonds. The number of nitrogens with two attached hydrogens (primary N) is 2. The first-order chi connectivity index (χ1) is 16.9. The van der Waals surface area contributed by atoms with Crippen molar-refractivity contribution in [3.05, 3.63) is 89.0 Å². The molecule has 0 unspecified atom stereocenters. The van der Waals surface area contributed by atoms with Crippen LogP contribution in [0.1, 0.15) is 31.8 Å². The number of hydrogen-bond donors (Lipinski definition) is 3. The van der Waals surface area contributed by atoms with Crippen molar-refractivity contribution >= 4 is 35.9 Å². The first kappa shape index (κ1) is 25.0. The van der Waals surface area contributed by atoms with E-state index in [0.29, 0.717) is 23.1 Å². The van der Waals surface area contributed by atoms with Gasteiger partial charge in [0, 0.05) is 23.9 Å². The van der Waals surface area contributed by atoms with Crippen molar-refractivity contribution in [2.24, 2.45) is 16.7 Å². The summed E-state index contributed by atoms with van der Waals surface area (Å²) in [6.07, 6.45) is 1.37. The Balaban J connectivity index is 2.10. The first-order valence-electron chi connectivity index (χ1n) is 10.7. The fourth-order valence-corrected chi connectivity index (χ4v) is 3.55. The summed E-state index contributed by atoms with van der Waals surface area (Å²) >= 11 is 0. The molecule has 0 radical (unpaired) electrons. The molecule has 0 aliphatic heterocycles. The molecule has 0 aliphatic carbocycles. The quantitative estimate of drug-likeness (QED) is 0.143. The van der Waals surface area contributed by atoms with Crippen LogP contribution in [0.25, 0.3) is 11.1 Å². The molecular weight excluding hydrogens is 446 g/mol. The van der Waals surface area contributed by atoms with Crippen molar-refractivity contribution in [1.82, 2.24) is 0 Å². The van der Waals surface area contributed by atoms with Crippen LogP contribution in [0.4, 0.5) is 5.69 Å². The SMILES string of the molecule is Cc1cc(/C(C=N)=N/N)ccc1C(=O)N(C=O)c1cc(-c2ccccc2)ccc1C(=O)OCCN. The Morgan fingerprint density at radius 1 is 1.03 bits per heavy atom. The van der Waals surface area contributed by atoms with E-state index in [-0.39, 0.29) is 35.7 Å². The molecule has 35 heavy (non-hydrogen) atoms. The molecule has 0 heterocycles. The Hall–Kier alpha value is -4.63. The average Bonchev–Trinajstić information content (AvgIpc) is 2.89. The highest BCUT2D eigenvalue weighted by atomic mass is 16.5. The van der Waals surface area contributed by atoms with E-state index < -0.39 is 11.9 Å². The Morgan fingerprint density at radius 3 is 2.34 bits per heavy atom. The third-order valence-electron chi connectivity index (χ3n) is 5.29. The van der Waals surface area contributed by atoms with Gasteiger partial charge in [-0.25, -0.2) is 9.69 Å². The van der Waals surface area contributed by atoms with Crippen molar-refractivity contribution in [2.75, 3.05) is 18.1 Å². The van der Waals surface area contributed by atoms with Crippen LogP contribution in [-0.2, 0) is 9.53 Å². The van der Waals surface area contributed by atoms with Crippen LogP contribution in [0.3, 0.4) is 0 Å². The Kier molecular flexibility index (Phi) is 8.20. The number of carbonyl (C=O) groups excluding carboxylic acids is 3. The molecule has 178 valence electrons. The summed E-state index contributed by atoms with van der Waals surface area (Å²) in [6.45, 7) is 1.82. The van der Waals surface area contributed by atoms with Gasteiger partial charge in [-0.15, -0.1) is 0 Å². The second kappa shape index (κ2) is 11.5. The van der Waals surface area contributed by atoms with E-state index >= 15 is 0 Å². The highest BCUT2D eigenvalue weighted by Crippen LogP contribution is 2.30. The normalized spacial score (nSPS) is 11.0. The molecule has 0 saturated heterocycles. The Bertz CT molecular complexity index is 1290. The summed E-state index contributed by atoms with van der Waals surface area (Å²) in [4.78, 5) is 39.3. The summed E-state index contributed by atoms with van der Waals surface area (Å²) in [6, 6.07) is 18.9. The van der Waals surface area contributed by atoms with Crippen LogP contribution in [0.2, 0.25) is 0 Å². The van der Waals surface area contributed by atoms with Crippen LogP contribution in [0, 0.1) is 12.3 Å². The smallest absolute Gasteiger partial charge is 0.340 e. The number of hydrogen-bond acceptors (Lipinski definition) is 8. The predicted octanol–water partition coefficient (Wildman–Crippen LogP) is 2.89. The number of imide groups is 1. The molecule has 9 nitrogen and oxygen atoms in total. The first-order valence-corrected chi connectivity index (χ1v) is 10.7.